The molecule has 1 atom stereocenters. The van der Waals surface area contributed by atoms with Crippen LogP contribution in [0.5, 0.6) is 0 Å². The number of anilines is 1. The maximum atomic E-state index is 13.0. The fourth-order valence-corrected chi connectivity index (χ4v) is 3.57. The number of hydrogen-bond donors (Lipinski definition) is 1. The molecule has 1 amide bonds. The maximum absolute atomic E-state index is 13.0. The van der Waals surface area contributed by atoms with Gasteiger partial charge < -0.3 is 10.2 Å². The Kier molecular flexibility index (Phi) is 5.79. The summed E-state index contributed by atoms with van der Waals surface area (Å²) in [5.41, 5.74) is 2.93. The Bertz CT molecular complexity index is 945. The second-order valence-electron chi connectivity index (χ2n) is 7.27. The number of amides is 1. The van der Waals surface area contributed by atoms with Crippen molar-refractivity contribution in [2.24, 2.45) is 5.92 Å². The van der Waals surface area contributed by atoms with Crippen LogP contribution in [-0.4, -0.2) is 29.0 Å². The summed E-state index contributed by atoms with van der Waals surface area (Å²) in [6, 6.07) is 16.2. The molecule has 1 aliphatic rings. The number of piperidine rings is 1. The van der Waals surface area contributed by atoms with E-state index in [4.69, 9.17) is 0 Å². The molecule has 2 heterocycles. The highest BCUT2D eigenvalue weighted by atomic mass is 19.1. The third-order valence-corrected chi connectivity index (χ3v) is 5.20. The number of carbonyl (C=O) groups is 1. The minimum Gasteiger partial charge on any atom is -0.352 e. The molecule has 2 aromatic carbocycles. The van der Waals surface area contributed by atoms with Crippen LogP contribution < -0.4 is 10.2 Å². The van der Waals surface area contributed by atoms with Crippen LogP contribution in [0.3, 0.4) is 0 Å². The average Bonchev–Trinajstić information content (AvgIpc) is 2.79. The second kappa shape index (κ2) is 8.82. The molecule has 0 bridgehead atoms. The average molecular weight is 390 g/mol. The van der Waals surface area contributed by atoms with Gasteiger partial charge in [-0.25, -0.2) is 14.4 Å². The lowest BCUT2D eigenvalue weighted by molar-refractivity contribution is -0.125. The maximum Gasteiger partial charge on any atom is 0.225 e. The summed E-state index contributed by atoms with van der Waals surface area (Å²) in [6.07, 6.45) is 5.41. The highest BCUT2D eigenvalue weighted by Gasteiger charge is 2.27. The van der Waals surface area contributed by atoms with E-state index in [-0.39, 0.29) is 17.6 Å². The Morgan fingerprint density at radius 3 is 2.48 bits per heavy atom. The molecule has 1 unspecified atom stereocenters. The molecule has 0 saturated carbocycles. The number of rotatable bonds is 5. The molecule has 5 nitrogen and oxygen atoms in total. The van der Waals surface area contributed by atoms with Crippen molar-refractivity contribution in [1.29, 1.82) is 0 Å². The number of hydrogen-bond acceptors (Lipinski definition) is 4. The fourth-order valence-electron chi connectivity index (χ4n) is 3.57. The first-order valence-corrected chi connectivity index (χ1v) is 9.83. The van der Waals surface area contributed by atoms with Gasteiger partial charge in [0.2, 0.25) is 11.9 Å². The highest BCUT2D eigenvalue weighted by molar-refractivity contribution is 5.79. The molecule has 3 aromatic rings. The van der Waals surface area contributed by atoms with E-state index in [9.17, 15) is 9.18 Å². The number of nitrogens with one attached hydrogen (secondary N) is 1. The molecule has 1 aromatic heterocycles. The first-order chi connectivity index (χ1) is 14.2. The molecule has 1 aliphatic heterocycles. The van der Waals surface area contributed by atoms with Crippen LogP contribution in [0.2, 0.25) is 0 Å². The summed E-state index contributed by atoms with van der Waals surface area (Å²) in [4.78, 5) is 23.7. The number of nitrogens with zero attached hydrogens (tertiary/aromatic N) is 3. The van der Waals surface area contributed by atoms with Crippen LogP contribution in [0.15, 0.2) is 67.0 Å². The summed E-state index contributed by atoms with van der Waals surface area (Å²) in [5.74, 6) is 0.281. The van der Waals surface area contributed by atoms with E-state index in [0.717, 1.165) is 36.1 Å². The molecule has 1 saturated heterocycles. The van der Waals surface area contributed by atoms with Crippen molar-refractivity contribution in [3.8, 4) is 11.1 Å². The van der Waals surface area contributed by atoms with Crippen molar-refractivity contribution in [3.05, 3.63) is 78.4 Å². The zero-order chi connectivity index (χ0) is 20.1. The quantitative estimate of drug-likeness (QED) is 0.720. The van der Waals surface area contributed by atoms with Crippen molar-refractivity contribution in [1.82, 2.24) is 15.3 Å². The van der Waals surface area contributed by atoms with Crippen LogP contribution in [0.25, 0.3) is 11.1 Å². The van der Waals surface area contributed by atoms with E-state index in [1.807, 2.05) is 42.7 Å². The molecular weight excluding hydrogens is 367 g/mol. The van der Waals surface area contributed by atoms with Crippen LogP contribution >= 0.6 is 0 Å². The molecule has 0 spiro atoms. The van der Waals surface area contributed by atoms with Crippen LogP contribution in [0.4, 0.5) is 10.3 Å². The van der Waals surface area contributed by atoms with Gasteiger partial charge in [-0.1, -0.05) is 42.5 Å². The molecule has 0 aliphatic carbocycles. The van der Waals surface area contributed by atoms with E-state index in [1.54, 1.807) is 12.1 Å². The van der Waals surface area contributed by atoms with Gasteiger partial charge >= 0.3 is 0 Å². The lowest BCUT2D eigenvalue weighted by Crippen LogP contribution is -2.43. The van der Waals surface area contributed by atoms with E-state index < -0.39 is 0 Å². The lowest BCUT2D eigenvalue weighted by Gasteiger charge is -2.32. The van der Waals surface area contributed by atoms with Gasteiger partial charge in [-0.3, -0.25) is 4.79 Å². The number of carbonyl (C=O) groups excluding carboxylic acids is 1. The van der Waals surface area contributed by atoms with Gasteiger partial charge in [-0.2, -0.15) is 0 Å². The zero-order valence-corrected chi connectivity index (χ0v) is 16.1. The van der Waals surface area contributed by atoms with Crippen LogP contribution in [-0.2, 0) is 11.3 Å². The molecule has 148 valence electrons. The van der Waals surface area contributed by atoms with E-state index in [2.05, 4.69) is 20.2 Å². The molecule has 1 N–H and O–H groups in total. The van der Waals surface area contributed by atoms with Crippen LogP contribution in [0.1, 0.15) is 18.4 Å². The van der Waals surface area contributed by atoms with Gasteiger partial charge in [-0.15, -0.1) is 0 Å². The van der Waals surface area contributed by atoms with E-state index >= 15 is 0 Å². The first-order valence-electron chi connectivity index (χ1n) is 9.83. The standard InChI is InChI=1S/C23H23FN4O/c24-21-10-8-17(9-11-21)13-25-22(29)19-7-4-12-28(16-19)23-26-14-20(15-27-23)18-5-2-1-3-6-18/h1-3,5-6,8-11,14-15,19H,4,7,12-13,16H2,(H,25,29). The first kappa shape index (κ1) is 19.1. The Morgan fingerprint density at radius 1 is 1.03 bits per heavy atom. The van der Waals surface area contributed by atoms with Crippen molar-refractivity contribution in [2.45, 2.75) is 19.4 Å². The topological polar surface area (TPSA) is 58.1 Å². The molecular formula is C23H23FN4O. The SMILES string of the molecule is O=C(NCc1ccc(F)cc1)C1CCCN(c2ncc(-c3ccccc3)cn2)C1. The summed E-state index contributed by atoms with van der Waals surface area (Å²) in [7, 11) is 0. The van der Waals surface area contributed by atoms with E-state index in [1.165, 1.54) is 12.1 Å². The Balaban J connectivity index is 1.36. The van der Waals surface area contributed by atoms with Gasteiger partial charge in [0.25, 0.3) is 0 Å². The van der Waals surface area contributed by atoms with Crippen molar-refractivity contribution >= 4 is 11.9 Å². The minimum absolute atomic E-state index is 0.0138. The number of benzene rings is 2. The largest absolute Gasteiger partial charge is 0.352 e. The van der Waals surface area contributed by atoms with Crippen LogP contribution in [0, 0.1) is 11.7 Å². The van der Waals surface area contributed by atoms with E-state index in [0.29, 0.717) is 19.0 Å². The Morgan fingerprint density at radius 2 is 1.76 bits per heavy atom. The predicted octanol–water partition coefficient (Wildman–Crippen LogP) is 3.82. The van der Waals surface area contributed by atoms with Crippen molar-refractivity contribution < 1.29 is 9.18 Å². The summed E-state index contributed by atoms with van der Waals surface area (Å²) < 4.78 is 13.0. The van der Waals surface area contributed by atoms with Gasteiger partial charge in [0, 0.05) is 37.6 Å². The molecule has 6 heteroatoms. The fraction of sp³-hybridized carbons (Fsp3) is 0.261. The monoisotopic (exact) mass is 390 g/mol. The van der Waals surface area contributed by atoms with Gasteiger partial charge in [0.1, 0.15) is 5.82 Å². The van der Waals surface area contributed by atoms with Gasteiger partial charge in [0.15, 0.2) is 0 Å². The molecule has 4 rings (SSSR count). The lowest BCUT2D eigenvalue weighted by atomic mass is 9.97. The number of halogens is 1. The summed E-state index contributed by atoms with van der Waals surface area (Å²) >= 11 is 0. The smallest absolute Gasteiger partial charge is 0.225 e. The third kappa shape index (κ3) is 4.77. The van der Waals surface area contributed by atoms with Crippen molar-refractivity contribution in [2.75, 3.05) is 18.0 Å². The highest BCUT2D eigenvalue weighted by Crippen LogP contribution is 2.23. The van der Waals surface area contributed by atoms with Gasteiger partial charge in [0.05, 0.1) is 5.92 Å². The summed E-state index contributed by atoms with van der Waals surface area (Å²) in [5, 5.41) is 2.96. The molecule has 0 radical (unpaired) electrons. The predicted molar refractivity (Wildman–Crippen MR) is 111 cm³/mol. The summed E-state index contributed by atoms with van der Waals surface area (Å²) in [6.45, 7) is 1.84. The number of aromatic nitrogens is 2. The normalized spacial score (nSPS) is 16.4. The Hall–Kier alpha value is -3.28. The Labute approximate surface area is 169 Å². The second-order valence-corrected chi connectivity index (χ2v) is 7.27. The zero-order valence-electron chi connectivity index (χ0n) is 16.1. The minimum atomic E-state index is -0.277. The van der Waals surface area contributed by atoms with Crippen molar-refractivity contribution in [3.63, 3.8) is 0 Å². The molecule has 29 heavy (non-hydrogen) atoms. The third-order valence-electron chi connectivity index (χ3n) is 5.20. The molecule has 1 fully saturated rings. The van der Waals surface area contributed by atoms with Gasteiger partial charge in [-0.05, 0) is 36.1 Å².